The fourth-order valence-corrected chi connectivity index (χ4v) is 1.07. The van der Waals surface area contributed by atoms with Crippen molar-refractivity contribution in [3.05, 3.63) is 0 Å². The summed E-state index contributed by atoms with van der Waals surface area (Å²) in [7, 11) is 1.92. The van der Waals surface area contributed by atoms with Gasteiger partial charge in [0.05, 0.1) is 6.54 Å². The van der Waals surface area contributed by atoms with E-state index in [0.717, 1.165) is 0 Å². The highest BCUT2D eigenvalue weighted by atomic mass is 16.2. The van der Waals surface area contributed by atoms with E-state index in [0.29, 0.717) is 12.6 Å². The average Bonchev–Trinajstić information content (AvgIpc) is 2.01. The molecule has 0 bridgehead atoms. The topological polar surface area (TPSA) is 58.4 Å². The van der Waals surface area contributed by atoms with Crippen LogP contribution in [0.4, 0.5) is 0 Å². The van der Waals surface area contributed by atoms with Crippen LogP contribution in [0.25, 0.3) is 0 Å². The molecule has 3 N–H and O–H groups in total. The molecule has 1 atom stereocenters. The lowest BCUT2D eigenvalue weighted by Crippen LogP contribution is -2.46. The zero-order valence-electron chi connectivity index (χ0n) is 9.22. The van der Waals surface area contributed by atoms with Gasteiger partial charge >= 0.3 is 0 Å². The quantitative estimate of drug-likeness (QED) is 0.380. The van der Waals surface area contributed by atoms with Gasteiger partial charge in [0.2, 0.25) is 5.91 Å². The van der Waals surface area contributed by atoms with Crippen molar-refractivity contribution in [2.24, 2.45) is 11.3 Å². The van der Waals surface area contributed by atoms with E-state index in [-0.39, 0.29) is 11.3 Å². The van der Waals surface area contributed by atoms with Crippen molar-refractivity contribution < 1.29 is 4.79 Å². The summed E-state index contributed by atoms with van der Waals surface area (Å²) in [5.74, 6) is 4.85. The normalized spacial score (nSPS) is 14.4. The first-order chi connectivity index (χ1) is 5.79. The van der Waals surface area contributed by atoms with Crippen molar-refractivity contribution in [3.8, 4) is 0 Å². The monoisotopic (exact) mass is 187 g/mol. The van der Waals surface area contributed by atoms with Gasteiger partial charge in [-0.2, -0.15) is 0 Å². The van der Waals surface area contributed by atoms with Crippen LogP contribution in [-0.4, -0.2) is 30.4 Å². The summed E-state index contributed by atoms with van der Waals surface area (Å²) >= 11 is 0. The Hall–Kier alpha value is -0.610. The van der Waals surface area contributed by atoms with Gasteiger partial charge in [-0.3, -0.25) is 15.1 Å². The lowest BCUT2D eigenvalue weighted by atomic mass is 9.87. The molecule has 0 aromatic rings. The maximum atomic E-state index is 11.0. The molecule has 0 aliphatic carbocycles. The van der Waals surface area contributed by atoms with Crippen LogP contribution >= 0.6 is 0 Å². The highest BCUT2D eigenvalue weighted by molar-refractivity contribution is 5.77. The fourth-order valence-electron chi connectivity index (χ4n) is 1.07. The maximum absolute atomic E-state index is 11.0. The minimum Gasteiger partial charge on any atom is -0.294 e. The summed E-state index contributed by atoms with van der Waals surface area (Å²) in [5, 5.41) is 0. The predicted molar refractivity (Wildman–Crippen MR) is 53.9 cm³/mol. The Labute approximate surface area is 80.4 Å². The number of hydrogen-bond donors (Lipinski definition) is 2. The molecule has 1 unspecified atom stereocenters. The van der Waals surface area contributed by atoms with Crippen molar-refractivity contribution in [1.82, 2.24) is 10.3 Å². The standard InChI is InChI=1S/C9H21N3O/c1-7(9(2,3)4)12(5)6-8(13)11-10/h7H,6,10H2,1-5H3,(H,11,13). The van der Waals surface area contributed by atoms with E-state index in [1.807, 2.05) is 11.9 Å². The second kappa shape index (κ2) is 4.58. The van der Waals surface area contributed by atoms with E-state index in [1.165, 1.54) is 0 Å². The summed E-state index contributed by atoms with van der Waals surface area (Å²) < 4.78 is 0. The predicted octanol–water partition coefficient (Wildman–Crippen LogP) is 0.343. The fraction of sp³-hybridized carbons (Fsp3) is 0.889. The molecule has 0 rings (SSSR count). The minimum absolute atomic E-state index is 0.154. The first-order valence-corrected chi connectivity index (χ1v) is 4.48. The minimum atomic E-state index is -0.154. The third-order valence-electron chi connectivity index (χ3n) is 2.47. The molecule has 0 fully saturated rings. The first-order valence-electron chi connectivity index (χ1n) is 4.48. The molecule has 4 heteroatoms. The molecule has 0 aliphatic rings. The number of carbonyl (C=O) groups is 1. The van der Waals surface area contributed by atoms with E-state index in [1.54, 1.807) is 0 Å². The van der Waals surface area contributed by atoms with Crippen molar-refractivity contribution in [2.75, 3.05) is 13.6 Å². The van der Waals surface area contributed by atoms with Gasteiger partial charge in [-0.15, -0.1) is 0 Å². The molecule has 1 amide bonds. The summed E-state index contributed by atoms with van der Waals surface area (Å²) in [6, 6.07) is 0.338. The van der Waals surface area contributed by atoms with Gasteiger partial charge in [0.15, 0.2) is 0 Å². The van der Waals surface area contributed by atoms with Crippen LogP contribution in [0.1, 0.15) is 27.7 Å². The second-order valence-electron chi connectivity index (χ2n) is 4.52. The molecule has 78 valence electrons. The van der Waals surface area contributed by atoms with Crippen LogP contribution in [0.5, 0.6) is 0 Å². The van der Waals surface area contributed by atoms with E-state index in [2.05, 4.69) is 33.1 Å². The molecule has 0 spiro atoms. The van der Waals surface area contributed by atoms with E-state index in [4.69, 9.17) is 5.84 Å². The van der Waals surface area contributed by atoms with Crippen LogP contribution in [0, 0.1) is 5.41 Å². The van der Waals surface area contributed by atoms with E-state index < -0.39 is 0 Å². The summed E-state index contributed by atoms with van der Waals surface area (Å²) in [4.78, 5) is 13.0. The highest BCUT2D eigenvalue weighted by Crippen LogP contribution is 2.22. The molecule has 0 saturated heterocycles. The lowest BCUT2D eigenvalue weighted by Gasteiger charge is -2.34. The van der Waals surface area contributed by atoms with Crippen molar-refractivity contribution in [3.63, 3.8) is 0 Å². The van der Waals surface area contributed by atoms with Crippen LogP contribution in [0.2, 0.25) is 0 Å². The van der Waals surface area contributed by atoms with Crippen molar-refractivity contribution in [1.29, 1.82) is 0 Å². The highest BCUT2D eigenvalue weighted by Gasteiger charge is 2.24. The SMILES string of the molecule is CC(N(C)CC(=O)NN)C(C)(C)C. The number of nitrogens with two attached hydrogens (primary N) is 1. The van der Waals surface area contributed by atoms with E-state index in [9.17, 15) is 4.79 Å². The Balaban J connectivity index is 4.11. The average molecular weight is 187 g/mol. The number of likely N-dealkylation sites (N-methyl/N-ethyl adjacent to an activating group) is 1. The summed E-state index contributed by atoms with van der Waals surface area (Å²) in [6.45, 7) is 8.89. The molecule has 0 aliphatic heterocycles. The van der Waals surface area contributed by atoms with Crippen LogP contribution < -0.4 is 11.3 Å². The van der Waals surface area contributed by atoms with E-state index >= 15 is 0 Å². The molecule has 0 aromatic carbocycles. The third kappa shape index (κ3) is 4.24. The van der Waals surface area contributed by atoms with Gasteiger partial charge < -0.3 is 0 Å². The Morgan fingerprint density at radius 1 is 1.54 bits per heavy atom. The second-order valence-corrected chi connectivity index (χ2v) is 4.52. The Bertz CT molecular complexity index is 174. The smallest absolute Gasteiger partial charge is 0.248 e. The summed E-state index contributed by atoms with van der Waals surface area (Å²) in [6.07, 6.45) is 0. The van der Waals surface area contributed by atoms with Gasteiger partial charge in [0, 0.05) is 6.04 Å². The number of hydrogen-bond acceptors (Lipinski definition) is 3. The largest absolute Gasteiger partial charge is 0.294 e. The first kappa shape index (κ1) is 12.4. The molecule has 0 aromatic heterocycles. The number of carbonyl (C=O) groups excluding carboxylic acids is 1. The number of rotatable bonds is 3. The van der Waals surface area contributed by atoms with Gasteiger partial charge in [-0.05, 0) is 19.4 Å². The lowest BCUT2D eigenvalue weighted by molar-refractivity contribution is -0.122. The molecule has 0 saturated carbocycles. The maximum Gasteiger partial charge on any atom is 0.248 e. The number of amides is 1. The zero-order chi connectivity index (χ0) is 10.6. The third-order valence-corrected chi connectivity index (χ3v) is 2.47. The van der Waals surface area contributed by atoms with Crippen LogP contribution in [0.15, 0.2) is 0 Å². The van der Waals surface area contributed by atoms with Gasteiger partial charge in [0.1, 0.15) is 0 Å². The van der Waals surface area contributed by atoms with Gasteiger partial charge in [0.25, 0.3) is 0 Å². The molecule has 13 heavy (non-hydrogen) atoms. The van der Waals surface area contributed by atoms with Crippen molar-refractivity contribution >= 4 is 5.91 Å². The summed E-state index contributed by atoms with van der Waals surface area (Å²) in [5.41, 5.74) is 2.29. The number of nitrogens with one attached hydrogen (secondary N) is 1. The number of hydrazine groups is 1. The molecular formula is C9H21N3O. The zero-order valence-corrected chi connectivity index (χ0v) is 9.22. The Morgan fingerprint density at radius 2 is 2.00 bits per heavy atom. The van der Waals surface area contributed by atoms with Crippen molar-refractivity contribution in [2.45, 2.75) is 33.7 Å². The number of nitrogens with zero attached hydrogens (tertiary/aromatic N) is 1. The Morgan fingerprint density at radius 3 is 2.31 bits per heavy atom. The van der Waals surface area contributed by atoms with Gasteiger partial charge in [-0.1, -0.05) is 20.8 Å². The van der Waals surface area contributed by atoms with Gasteiger partial charge in [-0.25, -0.2) is 5.84 Å². The van der Waals surface area contributed by atoms with Crippen LogP contribution in [-0.2, 0) is 4.79 Å². The molecule has 0 heterocycles. The molecule has 0 radical (unpaired) electrons. The molecule has 4 nitrogen and oxygen atoms in total. The van der Waals surface area contributed by atoms with Crippen LogP contribution in [0.3, 0.4) is 0 Å². The Kier molecular flexibility index (Phi) is 4.36. The molecular weight excluding hydrogens is 166 g/mol.